The van der Waals surface area contributed by atoms with Crippen molar-refractivity contribution in [2.24, 2.45) is 11.0 Å². The molecule has 1 aromatic carbocycles. The standard InChI is InChI=1S/C31H42N6O5/c1-20(2)17-26(24-12-15-37(36-24)16-13-29(39)40)33-28(38)19-21-10-11-25(27(18-21)42-3)34-31(41)35-30-23(9-6-14-32-30)22-7-4-5-8-22/h6,9-11,14,18,20,22,26H,4-5,7-8,12-13,15-17,19H2,1-3H3,(H,33,38)(H,39,40)(H2,32,34,35,41). The zero-order valence-electron chi connectivity index (χ0n) is 24.7. The highest BCUT2D eigenvalue weighted by atomic mass is 16.5. The predicted octanol–water partition coefficient (Wildman–Crippen LogP) is 5.00. The van der Waals surface area contributed by atoms with Crippen molar-refractivity contribution in [3.8, 4) is 5.75 Å². The average Bonchev–Trinajstić information content (AvgIpc) is 3.65. The van der Waals surface area contributed by atoms with Crippen LogP contribution in [0.1, 0.15) is 75.8 Å². The normalized spacial score (nSPS) is 15.8. The summed E-state index contributed by atoms with van der Waals surface area (Å²) in [6.45, 7) is 5.18. The molecule has 2 aromatic rings. The van der Waals surface area contributed by atoms with Gasteiger partial charge in [-0.2, -0.15) is 5.10 Å². The fraction of sp³-hybridized carbons (Fsp3) is 0.516. The Morgan fingerprint density at radius 2 is 1.93 bits per heavy atom. The van der Waals surface area contributed by atoms with E-state index in [0.717, 1.165) is 36.1 Å². The number of rotatable bonds is 13. The molecule has 226 valence electrons. The monoisotopic (exact) mass is 578 g/mol. The molecule has 0 radical (unpaired) electrons. The molecular formula is C31H42N6O5. The molecule has 11 nitrogen and oxygen atoms in total. The zero-order valence-corrected chi connectivity index (χ0v) is 24.7. The van der Waals surface area contributed by atoms with E-state index in [1.54, 1.807) is 29.4 Å². The molecule has 11 heteroatoms. The summed E-state index contributed by atoms with van der Waals surface area (Å²) in [6.07, 6.45) is 7.83. The Bertz CT molecular complexity index is 1290. The molecule has 1 aromatic heterocycles. The number of carbonyl (C=O) groups is 3. The van der Waals surface area contributed by atoms with Crippen LogP contribution in [0.2, 0.25) is 0 Å². The molecule has 0 bridgehead atoms. The Kier molecular flexibility index (Phi) is 10.7. The first kappa shape index (κ1) is 30.8. The summed E-state index contributed by atoms with van der Waals surface area (Å²) in [5.41, 5.74) is 3.15. The Morgan fingerprint density at radius 1 is 1.14 bits per heavy atom. The lowest BCUT2D eigenvalue weighted by Gasteiger charge is -2.21. The zero-order chi connectivity index (χ0) is 30.1. The van der Waals surface area contributed by atoms with Gasteiger partial charge in [-0.15, -0.1) is 0 Å². The summed E-state index contributed by atoms with van der Waals surface area (Å²) >= 11 is 0. The summed E-state index contributed by atoms with van der Waals surface area (Å²) in [5.74, 6) is 0.753. The number of pyridine rings is 1. The summed E-state index contributed by atoms with van der Waals surface area (Å²) in [7, 11) is 1.52. The van der Waals surface area contributed by atoms with Crippen LogP contribution in [-0.4, -0.2) is 65.0 Å². The van der Waals surface area contributed by atoms with Crippen LogP contribution < -0.4 is 20.7 Å². The van der Waals surface area contributed by atoms with Crippen molar-refractivity contribution >= 4 is 35.1 Å². The molecular weight excluding hydrogens is 536 g/mol. The number of benzene rings is 1. The highest BCUT2D eigenvalue weighted by Crippen LogP contribution is 2.37. The average molecular weight is 579 g/mol. The van der Waals surface area contributed by atoms with E-state index in [9.17, 15) is 14.4 Å². The minimum absolute atomic E-state index is 0.0248. The number of hydrazone groups is 1. The third kappa shape index (κ3) is 8.67. The van der Waals surface area contributed by atoms with Gasteiger partial charge >= 0.3 is 12.0 Å². The number of nitrogens with one attached hydrogen (secondary N) is 3. The Hall–Kier alpha value is -4.15. The van der Waals surface area contributed by atoms with Gasteiger partial charge in [0, 0.05) is 25.7 Å². The Morgan fingerprint density at radius 3 is 2.64 bits per heavy atom. The quantitative estimate of drug-likeness (QED) is 0.262. The first-order valence-corrected chi connectivity index (χ1v) is 14.7. The molecule has 4 N–H and O–H groups in total. The van der Waals surface area contributed by atoms with Crippen molar-refractivity contribution in [1.82, 2.24) is 15.3 Å². The van der Waals surface area contributed by atoms with Crippen molar-refractivity contribution in [1.29, 1.82) is 0 Å². The molecule has 1 aliphatic heterocycles. The molecule has 3 amide bonds. The van der Waals surface area contributed by atoms with Gasteiger partial charge in [0.1, 0.15) is 11.6 Å². The van der Waals surface area contributed by atoms with Gasteiger partial charge in [-0.25, -0.2) is 9.78 Å². The van der Waals surface area contributed by atoms with Crippen molar-refractivity contribution in [2.75, 3.05) is 30.8 Å². The smallest absolute Gasteiger partial charge is 0.324 e. The molecule has 4 rings (SSSR count). The number of amides is 3. The Balaban J connectivity index is 1.37. The number of aromatic nitrogens is 1. The maximum atomic E-state index is 13.1. The number of hydrogen-bond donors (Lipinski definition) is 4. The molecule has 1 atom stereocenters. The van der Waals surface area contributed by atoms with Crippen molar-refractivity contribution in [3.05, 3.63) is 47.7 Å². The molecule has 1 aliphatic carbocycles. The van der Waals surface area contributed by atoms with Crippen LogP contribution >= 0.6 is 0 Å². The van der Waals surface area contributed by atoms with E-state index in [-0.39, 0.29) is 24.8 Å². The number of urea groups is 1. The first-order valence-electron chi connectivity index (χ1n) is 14.7. The topological polar surface area (TPSA) is 145 Å². The van der Waals surface area contributed by atoms with Crippen LogP contribution in [0.15, 0.2) is 41.6 Å². The number of nitrogens with zero attached hydrogens (tertiary/aromatic N) is 3. The molecule has 0 spiro atoms. The minimum Gasteiger partial charge on any atom is -0.495 e. The van der Waals surface area contributed by atoms with Crippen molar-refractivity contribution < 1.29 is 24.2 Å². The van der Waals surface area contributed by atoms with Crippen LogP contribution in [0, 0.1) is 5.92 Å². The maximum Gasteiger partial charge on any atom is 0.324 e. The fourth-order valence-corrected chi connectivity index (χ4v) is 5.63. The number of ether oxygens (including phenoxy) is 1. The number of carbonyl (C=O) groups excluding carboxylic acids is 2. The molecule has 1 unspecified atom stereocenters. The highest BCUT2D eigenvalue weighted by Gasteiger charge is 2.26. The van der Waals surface area contributed by atoms with E-state index in [4.69, 9.17) is 9.84 Å². The van der Waals surface area contributed by atoms with E-state index in [1.807, 2.05) is 12.1 Å². The lowest BCUT2D eigenvalue weighted by Crippen LogP contribution is -2.42. The predicted molar refractivity (Wildman–Crippen MR) is 162 cm³/mol. The highest BCUT2D eigenvalue weighted by molar-refractivity contribution is 6.00. The summed E-state index contributed by atoms with van der Waals surface area (Å²) in [4.78, 5) is 41.3. The lowest BCUT2D eigenvalue weighted by molar-refractivity contribution is -0.137. The SMILES string of the molecule is COc1cc(CC(=O)NC(CC(C)C)C2=NN(CCC(=O)O)CC2)ccc1NC(=O)Nc1ncccc1C1CCCC1. The molecule has 2 aliphatic rings. The fourth-order valence-electron chi connectivity index (χ4n) is 5.63. The van der Waals surface area contributed by atoms with Gasteiger partial charge in [0.25, 0.3) is 0 Å². The summed E-state index contributed by atoms with van der Waals surface area (Å²) in [5, 5.41) is 24.2. The second-order valence-corrected chi connectivity index (χ2v) is 11.4. The third-order valence-corrected chi connectivity index (χ3v) is 7.67. The van der Waals surface area contributed by atoms with Crippen molar-refractivity contribution in [2.45, 2.75) is 77.2 Å². The molecule has 1 saturated carbocycles. The Labute approximate surface area is 247 Å². The van der Waals surface area contributed by atoms with E-state index in [0.29, 0.717) is 48.6 Å². The molecule has 1 fully saturated rings. The maximum absolute atomic E-state index is 13.1. The van der Waals surface area contributed by atoms with Crippen LogP contribution in [0.5, 0.6) is 5.75 Å². The van der Waals surface area contributed by atoms with Gasteiger partial charge in [0.15, 0.2) is 0 Å². The largest absolute Gasteiger partial charge is 0.495 e. The van der Waals surface area contributed by atoms with E-state index in [1.165, 1.54) is 20.0 Å². The van der Waals surface area contributed by atoms with Crippen molar-refractivity contribution in [3.63, 3.8) is 0 Å². The van der Waals surface area contributed by atoms with Gasteiger partial charge < -0.3 is 20.5 Å². The van der Waals surface area contributed by atoms with E-state index in [2.05, 4.69) is 39.9 Å². The number of methoxy groups -OCH3 is 1. The summed E-state index contributed by atoms with van der Waals surface area (Å²) < 4.78 is 5.53. The van der Waals surface area contributed by atoms with Crippen LogP contribution in [-0.2, 0) is 16.0 Å². The van der Waals surface area contributed by atoms with Crippen LogP contribution in [0.25, 0.3) is 0 Å². The van der Waals surface area contributed by atoms with Crippen LogP contribution in [0.4, 0.5) is 16.3 Å². The van der Waals surface area contributed by atoms with E-state index >= 15 is 0 Å². The molecule has 0 saturated heterocycles. The van der Waals surface area contributed by atoms with Gasteiger partial charge in [-0.05, 0) is 60.4 Å². The number of carboxylic acids is 1. The second-order valence-electron chi connectivity index (χ2n) is 11.4. The van der Waals surface area contributed by atoms with Gasteiger partial charge in [0.05, 0.1) is 37.4 Å². The molecule has 2 heterocycles. The number of carboxylic acid groups (broad SMARTS) is 1. The second kappa shape index (κ2) is 14.7. The first-order chi connectivity index (χ1) is 20.2. The summed E-state index contributed by atoms with van der Waals surface area (Å²) in [6, 6.07) is 8.56. The van der Waals surface area contributed by atoms with Gasteiger partial charge in [-0.1, -0.05) is 38.8 Å². The van der Waals surface area contributed by atoms with E-state index < -0.39 is 12.0 Å². The van der Waals surface area contributed by atoms with Gasteiger partial charge in [0.2, 0.25) is 5.91 Å². The number of anilines is 2. The third-order valence-electron chi connectivity index (χ3n) is 7.67. The van der Waals surface area contributed by atoms with Crippen LogP contribution in [0.3, 0.4) is 0 Å². The minimum atomic E-state index is -0.857. The molecule has 42 heavy (non-hydrogen) atoms. The number of aliphatic carboxylic acids is 1. The lowest BCUT2D eigenvalue weighted by atomic mass is 9.98. The van der Waals surface area contributed by atoms with Gasteiger partial charge in [-0.3, -0.25) is 19.9 Å². The number of hydrogen-bond acceptors (Lipinski definition) is 7.